The van der Waals surface area contributed by atoms with Gasteiger partial charge in [-0.1, -0.05) is 0 Å². The molecule has 0 spiro atoms. The third-order valence-corrected chi connectivity index (χ3v) is 9.88. The lowest BCUT2D eigenvalue weighted by Crippen LogP contribution is -2.58. The summed E-state index contributed by atoms with van der Waals surface area (Å²) in [6.07, 6.45) is 7.86. The van der Waals surface area contributed by atoms with Crippen molar-refractivity contribution in [2.24, 2.45) is 23.2 Å². The van der Waals surface area contributed by atoms with Gasteiger partial charge in [0.1, 0.15) is 0 Å². The monoisotopic (exact) mass is 423 g/mol. The lowest BCUT2D eigenvalue weighted by atomic mass is 9.49. The molecule has 4 bridgehead atoms. The summed E-state index contributed by atoms with van der Waals surface area (Å²) in [4.78, 5) is 29.9. The highest BCUT2D eigenvalue weighted by Crippen LogP contribution is 2.60. The Bertz CT molecular complexity index is 752. The van der Waals surface area contributed by atoms with Gasteiger partial charge in [-0.25, -0.2) is 8.42 Å². The van der Waals surface area contributed by atoms with Gasteiger partial charge in [0.25, 0.3) is 0 Å². The van der Waals surface area contributed by atoms with Gasteiger partial charge in [0, 0.05) is 32.2 Å². The van der Waals surface area contributed by atoms with E-state index in [9.17, 15) is 18.0 Å². The predicted molar refractivity (Wildman–Crippen MR) is 109 cm³/mol. The summed E-state index contributed by atoms with van der Waals surface area (Å²) in [5, 5.41) is 2.86. The van der Waals surface area contributed by atoms with E-state index in [0.717, 1.165) is 37.0 Å². The highest BCUT2D eigenvalue weighted by atomic mass is 32.2. The van der Waals surface area contributed by atoms with Crippen LogP contribution < -0.4 is 5.32 Å². The first kappa shape index (κ1) is 19.8. The maximum absolute atomic E-state index is 13.4. The van der Waals surface area contributed by atoms with Crippen LogP contribution in [0.1, 0.15) is 44.9 Å². The van der Waals surface area contributed by atoms with E-state index in [4.69, 9.17) is 0 Å². The van der Waals surface area contributed by atoms with Crippen molar-refractivity contribution in [1.82, 2.24) is 15.1 Å². The molecule has 1 unspecified atom stereocenters. The lowest BCUT2D eigenvalue weighted by Gasteiger charge is -2.57. The molecule has 0 radical (unpaired) electrons. The molecule has 29 heavy (non-hydrogen) atoms. The second-order valence-corrected chi connectivity index (χ2v) is 12.7. The Labute approximate surface area is 173 Å². The Balaban J connectivity index is 1.11. The molecule has 6 aliphatic rings. The molecule has 6 fully saturated rings. The molecule has 6 rings (SSSR count). The number of nitrogens with one attached hydrogen (secondary N) is 1. The van der Waals surface area contributed by atoms with Crippen LogP contribution in [0.2, 0.25) is 0 Å². The summed E-state index contributed by atoms with van der Waals surface area (Å²) in [5.41, 5.74) is -0.0811. The number of rotatable bonds is 4. The van der Waals surface area contributed by atoms with Crippen LogP contribution in [0.5, 0.6) is 0 Å². The van der Waals surface area contributed by atoms with Crippen LogP contribution in [0.3, 0.4) is 0 Å². The molecule has 2 saturated heterocycles. The molecule has 7 nitrogen and oxygen atoms in total. The van der Waals surface area contributed by atoms with Crippen molar-refractivity contribution in [3.63, 3.8) is 0 Å². The number of sulfone groups is 1. The number of carbonyl (C=O) groups is 2. The number of carbonyl (C=O) groups excluding carboxylic acids is 2. The van der Waals surface area contributed by atoms with Gasteiger partial charge in [-0.05, 0) is 62.7 Å². The fourth-order valence-corrected chi connectivity index (χ4v) is 8.88. The molecule has 0 aromatic heterocycles. The van der Waals surface area contributed by atoms with E-state index in [1.807, 2.05) is 0 Å². The van der Waals surface area contributed by atoms with Crippen LogP contribution in [-0.2, 0) is 19.4 Å². The normalized spacial score (nSPS) is 40.9. The molecule has 2 heterocycles. The molecular weight excluding hydrogens is 390 g/mol. The molecule has 2 amide bonds. The second-order valence-electron chi connectivity index (χ2n) is 10.4. The van der Waals surface area contributed by atoms with Gasteiger partial charge in [-0.2, -0.15) is 0 Å². The fourth-order valence-electron chi connectivity index (χ4n) is 7.20. The fraction of sp³-hybridized carbons (Fsp3) is 0.905. The summed E-state index contributed by atoms with van der Waals surface area (Å²) < 4.78 is 23.1. The SMILES string of the molecule is O=C(CN1CCN(C(=O)C23CC4CC(CC(C4)C2)C3)CC1)NC1CCS(=O)(=O)C1. The Morgan fingerprint density at radius 3 is 2.03 bits per heavy atom. The maximum Gasteiger partial charge on any atom is 0.234 e. The van der Waals surface area contributed by atoms with Crippen LogP contribution >= 0.6 is 0 Å². The zero-order valence-electron chi connectivity index (χ0n) is 17.1. The van der Waals surface area contributed by atoms with Crippen LogP contribution in [0, 0.1) is 23.2 Å². The zero-order chi connectivity index (χ0) is 20.2. The van der Waals surface area contributed by atoms with E-state index in [1.54, 1.807) is 0 Å². The molecule has 0 aromatic carbocycles. The van der Waals surface area contributed by atoms with E-state index in [-0.39, 0.29) is 35.4 Å². The summed E-state index contributed by atoms with van der Waals surface area (Å²) in [5.74, 6) is 2.83. The van der Waals surface area contributed by atoms with Crippen LogP contribution in [0.15, 0.2) is 0 Å². The first-order chi connectivity index (χ1) is 13.8. The average Bonchev–Trinajstić information content (AvgIpc) is 2.99. The molecule has 4 aliphatic carbocycles. The smallest absolute Gasteiger partial charge is 0.234 e. The standard InChI is InChI=1S/C21H33N3O4S/c25-19(22-18-1-6-29(27,28)14-18)13-23-2-4-24(5-3-23)20(26)21-10-15-7-16(11-21)9-17(8-15)12-21/h15-18H,1-14H2,(H,22,25). The summed E-state index contributed by atoms with van der Waals surface area (Å²) >= 11 is 0. The van der Waals surface area contributed by atoms with Crippen molar-refractivity contribution in [2.45, 2.75) is 51.0 Å². The Hall–Kier alpha value is -1.15. The number of hydrogen-bond donors (Lipinski definition) is 1. The lowest BCUT2D eigenvalue weighted by molar-refractivity contribution is -0.159. The Kier molecular flexibility index (Phi) is 4.93. The highest BCUT2D eigenvalue weighted by molar-refractivity contribution is 7.91. The van der Waals surface area contributed by atoms with E-state index < -0.39 is 9.84 Å². The number of hydrogen-bond acceptors (Lipinski definition) is 5. The molecule has 8 heteroatoms. The van der Waals surface area contributed by atoms with Crippen molar-refractivity contribution >= 4 is 21.7 Å². The van der Waals surface area contributed by atoms with Gasteiger partial charge in [0.2, 0.25) is 11.8 Å². The zero-order valence-corrected chi connectivity index (χ0v) is 18.0. The topological polar surface area (TPSA) is 86.8 Å². The largest absolute Gasteiger partial charge is 0.351 e. The minimum absolute atomic E-state index is 0.0616. The van der Waals surface area contributed by atoms with Crippen LogP contribution in [-0.4, -0.2) is 80.3 Å². The minimum atomic E-state index is -2.98. The molecule has 2 aliphatic heterocycles. The van der Waals surface area contributed by atoms with Crippen molar-refractivity contribution in [3.8, 4) is 0 Å². The average molecular weight is 424 g/mol. The third kappa shape index (κ3) is 3.94. The first-order valence-electron chi connectivity index (χ1n) is 11.3. The van der Waals surface area contributed by atoms with E-state index in [2.05, 4.69) is 15.1 Å². The van der Waals surface area contributed by atoms with Crippen LogP contribution in [0.25, 0.3) is 0 Å². The molecule has 1 N–H and O–H groups in total. The van der Waals surface area contributed by atoms with Gasteiger partial charge in [-0.15, -0.1) is 0 Å². The summed E-state index contributed by atoms with van der Waals surface area (Å²) in [7, 11) is -2.98. The van der Waals surface area contributed by atoms with Crippen molar-refractivity contribution in [2.75, 3.05) is 44.2 Å². The van der Waals surface area contributed by atoms with Gasteiger partial charge in [0.15, 0.2) is 9.84 Å². The van der Waals surface area contributed by atoms with E-state index >= 15 is 0 Å². The molecular formula is C21H33N3O4S. The van der Waals surface area contributed by atoms with Gasteiger partial charge in [-0.3, -0.25) is 14.5 Å². The number of piperazine rings is 1. The summed E-state index contributed by atoms with van der Waals surface area (Å²) in [6.45, 7) is 3.12. The van der Waals surface area contributed by atoms with Gasteiger partial charge >= 0.3 is 0 Å². The van der Waals surface area contributed by atoms with Crippen molar-refractivity contribution in [3.05, 3.63) is 0 Å². The molecule has 0 aromatic rings. The molecule has 162 valence electrons. The van der Waals surface area contributed by atoms with Gasteiger partial charge in [0.05, 0.1) is 23.5 Å². The predicted octanol–water partition coefficient (Wildman–Crippen LogP) is 0.650. The van der Waals surface area contributed by atoms with Crippen LogP contribution in [0.4, 0.5) is 0 Å². The number of amides is 2. The maximum atomic E-state index is 13.4. The first-order valence-corrected chi connectivity index (χ1v) is 13.1. The quantitative estimate of drug-likeness (QED) is 0.718. The molecule has 4 saturated carbocycles. The van der Waals surface area contributed by atoms with E-state index in [0.29, 0.717) is 38.5 Å². The Morgan fingerprint density at radius 1 is 0.931 bits per heavy atom. The highest BCUT2D eigenvalue weighted by Gasteiger charge is 2.55. The number of nitrogens with zero attached hydrogens (tertiary/aromatic N) is 2. The Morgan fingerprint density at radius 2 is 1.52 bits per heavy atom. The third-order valence-electron chi connectivity index (χ3n) is 8.12. The minimum Gasteiger partial charge on any atom is -0.351 e. The molecule has 1 atom stereocenters. The van der Waals surface area contributed by atoms with Gasteiger partial charge < -0.3 is 10.2 Å². The van der Waals surface area contributed by atoms with Crippen molar-refractivity contribution < 1.29 is 18.0 Å². The van der Waals surface area contributed by atoms with E-state index in [1.165, 1.54) is 19.3 Å². The van der Waals surface area contributed by atoms with Crippen molar-refractivity contribution in [1.29, 1.82) is 0 Å². The summed E-state index contributed by atoms with van der Waals surface area (Å²) in [6, 6.07) is -0.244. The second kappa shape index (κ2) is 7.22.